The van der Waals surface area contributed by atoms with Crippen LogP contribution in [0.2, 0.25) is 0 Å². The van der Waals surface area contributed by atoms with Gasteiger partial charge in [0.25, 0.3) is 0 Å². The molecule has 1 aromatic rings. The lowest BCUT2D eigenvalue weighted by atomic mass is 10.1. The average molecular weight is 211 g/mol. The number of hydrogen-bond donors (Lipinski definition) is 2. The summed E-state index contributed by atoms with van der Waals surface area (Å²) >= 11 is 0. The van der Waals surface area contributed by atoms with Crippen LogP contribution in [-0.2, 0) is 4.79 Å². The fraction of sp³-hybridized carbons (Fsp3) is 0.400. The van der Waals surface area contributed by atoms with Crippen molar-refractivity contribution in [1.29, 1.82) is 0 Å². The van der Waals surface area contributed by atoms with Crippen LogP contribution in [0.25, 0.3) is 0 Å². The predicted octanol–water partition coefficient (Wildman–Crippen LogP) is 0.349. The van der Waals surface area contributed by atoms with Crippen molar-refractivity contribution in [2.24, 2.45) is 0 Å². The Morgan fingerprint density at radius 2 is 2.33 bits per heavy atom. The second kappa shape index (κ2) is 5.31. The Kier molecular flexibility index (Phi) is 4.05. The Hall–Kier alpha value is -1.62. The largest absolute Gasteiger partial charge is 0.461 e. The zero-order valence-electron chi connectivity index (χ0n) is 8.40. The van der Waals surface area contributed by atoms with Gasteiger partial charge in [-0.3, -0.25) is 9.59 Å². The fourth-order valence-electron chi connectivity index (χ4n) is 1.09. The van der Waals surface area contributed by atoms with E-state index in [4.69, 9.17) is 4.42 Å². The lowest BCUT2D eigenvalue weighted by molar-refractivity contribution is -0.119. The monoisotopic (exact) mass is 211 g/mol. The van der Waals surface area contributed by atoms with Crippen molar-refractivity contribution in [2.75, 3.05) is 6.54 Å². The second-order valence-corrected chi connectivity index (χ2v) is 3.20. The molecule has 2 N–H and O–H groups in total. The normalized spacial score (nSPS) is 12.1. The van der Waals surface area contributed by atoms with Gasteiger partial charge in [0.15, 0.2) is 5.76 Å². The molecule has 0 aliphatic carbocycles. The number of rotatable bonds is 5. The highest BCUT2D eigenvalue weighted by molar-refractivity contribution is 5.93. The molecular formula is C10H13NO4. The quantitative estimate of drug-likeness (QED) is 0.689. The maximum absolute atomic E-state index is 11.4. The summed E-state index contributed by atoms with van der Waals surface area (Å²) in [5.41, 5.74) is 0. The minimum absolute atomic E-state index is 0.0617. The van der Waals surface area contributed by atoms with Gasteiger partial charge in [0.1, 0.15) is 0 Å². The van der Waals surface area contributed by atoms with Crippen molar-refractivity contribution in [1.82, 2.24) is 5.32 Å². The standard InChI is InChI=1S/C10H13NO4/c1-7(12)11-6-8(13)5-9(14)10-3-2-4-15-10/h2-4,8,13H,5-6H2,1H3,(H,11,12). The summed E-state index contributed by atoms with van der Waals surface area (Å²) < 4.78 is 4.87. The number of amides is 1. The van der Waals surface area contributed by atoms with Crippen molar-refractivity contribution >= 4 is 11.7 Å². The van der Waals surface area contributed by atoms with Crippen LogP contribution in [0, 0.1) is 0 Å². The summed E-state index contributed by atoms with van der Waals surface area (Å²) in [5, 5.41) is 11.8. The molecule has 0 aliphatic heterocycles. The maximum Gasteiger partial charge on any atom is 0.216 e. The molecule has 1 aromatic heterocycles. The number of carbonyl (C=O) groups is 2. The zero-order chi connectivity index (χ0) is 11.3. The SMILES string of the molecule is CC(=O)NCC(O)CC(=O)c1ccco1. The molecule has 15 heavy (non-hydrogen) atoms. The van der Waals surface area contributed by atoms with E-state index in [2.05, 4.69) is 5.32 Å². The van der Waals surface area contributed by atoms with Gasteiger partial charge in [-0.05, 0) is 12.1 Å². The van der Waals surface area contributed by atoms with E-state index in [1.54, 1.807) is 6.07 Å². The maximum atomic E-state index is 11.4. The molecule has 1 atom stereocenters. The molecule has 1 amide bonds. The van der Waals surface area contributed by atoms with Gasteiger partial charge in [-0.2, -0.15) is 0 Å². The molecule has 0 radical (unpaired) electrons. The Morgan fingerprint density at radius 3 is 2.87 bits per heavy atom. The molecule has 0 aromatic carbocycles. The minimum atomic E-state index is -0.883. The predicted molar refractivity (Wildman–Crippen MR) is 52.3 cm³/mol. The number of nitrogens with one attached hydrogen (secondary N) is 1. The van der Waals surface area contributed by atoms with Gasteiger partial charge >= 0.3 is 0 Å². The summed E-state index contributed by atoms with van der Waals surface area (Å²) in [7, 11) is 0. The lowest BCUT2D eigenvalue weighted by Crippen LogP contribution is -2.31. The lowest BCUT2D eigenvalue weighted by Gasteiger charge is -2.08. The van der Waals surface area contributed by atoms with Gasteiger partial charge in [0, 0.05) is 19.9 Å². The number of Topliss-reactive ketones (excluding diaryl/α,β-unsaturated/α-hetero) is 1. The van der Waals surface area contributed by atoms with Crippen molar-refractivity contribution < 1.29 is 19.1 Å². The van der Waals surface area contributed by atoms with Crippen LogP contribution < -0.4 is 5.32 Å². The topological polar surface area (TPSA) is 79.5 Å². The van der Waals surface area contributed by atoms with Gasteiger partial charge in [0.05, 0.1) is 12.4 Å². The number of furan rings is 1. The fourth-order valence-corrected chi connectivity index (χ4v) is 1.09. The second-order valence-electron chi connectivity index (χ2n) is 3.20. The first-order valence-electron chi connectivity index (χ1n) is 4.59. The van der Waals surface area contributed by atoms with Gasteiger partial charge in [-0.1, -0.05) is 0 Å². The average Bonchev–Trinajstić information content (AvgIpc) is 2.67. The van der Waals surface area contributed by atoms with E-state index in [0.29, 0.717) is 0 Å². The van der Waals surface area contributed by atoms with Crippen LogP contribution in [0.5, 0.6) is 0 Å². The number of aliphatic hydroxyl groups is 1. The molecule has 0 saturated heterocycles. The molecule has 0 saturated carbocycles. The van der Waals surface area contributed by atoms with E-state index in [1.807, 2.05) is 0 Å². The Bertz CT molecular complexity index is 331. The van der Waals surface area contributed by atoms with Crippen LogP contribution in [0.1, 0.15) is 23.9 Å². The molecule has 1 heterocycles. The van der Waals surface area contributed by atoms with Gasteiger partial charge in [-0.25, -0.2) is 0 Å². The summed E-state index contributed by atoms with van der Waals surface area (Å²) in [6.45, 7) is 1.42. The molecule has 5 heteroatoms. The summed E-state index contributed by atoms with van der Waals surface area (Å²) in [6, 6.07) is 3.14. The van der Waals surface area contributed by atoms with Crippen LogP contribution in [0.15, 0.2) is 22.8 Å². The van der Waals surface area contributed by atoms with Gasteiger partial charge in [-0.15, -0.1) is 0 Å². The first kappa shape index (κ1) is 11.5. The van der Waals surface area contributed by atoms with E-state index >= 15 is 0 Å². The highest BCUT2D eigenvalue weighted by Gasteiger charge is 2.14. The van der Waals surface area contributed by atoms with Crippen LogP contribution in [0.3, 0.4) is 0 Å². The smallest absolute Gasteiger partial charge is 0.216 e. The number of hydrogen-bond acceptors (Lipinski definition) is 4. The number of ketones is 1. The van der Waals surface area contributed by atoms with E-state index in [9.17, 15) is 14.7 Å². The first-order chi connectivity index (χ1) is 7.09. The van der Waals surface area contributed by atoms with Crippen LogP contribution in [0.4, 0.5) is 0 Å². The van der Waals surface area contributed by atoms with Crippen molar-refractivity contribution in [3.8, 4) is 0 Å². The molecule has 0 fully saturated rings. The number of aliphatic hydroxyl groups excluding tert-OH is 1. The van der Waals surface area contributed by atoms with Crippen molar-refractivity contribution in [3.05, 3.63) is 24.2 Å². The zero-order valence-corrected chi connectivity index (χ0v) is 8.40. The third kappa shape index (κ3) is 3.95. The van der Waals surface area contributed by atoms with Crippen molar-refractivity contribution in [2.45, 2.75) is 19.4 Å². The third-order valence-corrected chi connectivity index (χ3v) is 1.80. The Morgan fingerprint density at radius 1 is 1.60 bits per heavy atom. The molecule has 82 valence electrons. The molecule has 0 spiro atoms. The first-order valence-corrected chi connectivity index (χ1v) is 4.59. The molecule has 1 rings (SSSR count). The minimum Gasteiger partial charge on any atom is -0.461 e. The molecule has 1 unspecified atom stereocenters. The Balaban J connectivity index is 2.35. The summed E-state index contributed by atoms with van der Waals surface area (Å²) in [4.78, 5) is 21.9. The molecule has 5 nitrogen and oxygen atoms in total. The molecule has 0 bridgehead atoms. The van der Waals surface area contributed by atoms with Crippen LogP contribution in [-0.4, -0.2) is 29.4 Å². The van der Waals surface area contributed by atoms with Gasteiger partial charge < -0.3 is 14.8 Å². The summed E-state index contributed by atoms with van der Waals surface area (Å²) in [6.07, 6.45) is 0.452. The Labute approximate surface area is 87.1 Å². The highest BCUT2D eigenvalue weighted by Crippen LogP contribution is 2.05. The summed E-state index contributed by atoms with van der Waals surface area (Å²) in [5.74, 6) is -0.297. The van der Waals surface area contributed by atoms with Gasteiger partial charge in [0.2, 0.25) is 11.7 Å². The van der Waals surface area contributed by atoms with E-state index in [0.717, 1.165) is 0 Å². The van der Waals surface area contributed by atoms with E-state index in [-0.39, 0.29) is 30.4 Å². The van der Waals surface area contributed by atoms with Crippen LogP contribution >= 0.6 is 0 Å². The van der Waals surface area contributed by atoms with Crippen molar-refractivity contribution in [3.63, 3.8) is 0 Å². The number of carbonyl (C=O) groups excluding carboxylic acids is 2. The highest BCUT2D eigenvalue weighted by atomic mass is 16.3. The van der Waals surface area contributed by atoms with E-state index in [1.165, 1.54) is 19.3 Å². The van der Waals surface area contributed by atoms with E-state index < -0.39 is 6.10 Å². The molecule has 0 aliphatic rings. The molecular weight excluding hydrogens is 198 g/mol. The third-order valence-electron chi connectivity index (χ3n) is 1.80.